The summed E-state index contributed by atoms with van der Waals surface area (Å²) in [5.41, 5.74) is 1.01. The highest BCUT2D eigenvalue weighted by molar-refractivity contribution is 7.89. The quantitative estimate of drug-likeness (QED) is 0.735. The van der Waals surface area contributed by atoms with E-state index in [1.165, 1.54) is 10.4 Å². The first-order valence-corrected chi connectivity index (χ1v) is 11.0. The molecule has 2 heterocycles. The van der Waals surface area contributed by atoms with Crippen LogP contribution in [0.2, 0.25) is 10.0 Å². The number of carbonyl (C=O) groups excluding carboxylic acids is 1. The van der Waals surface area contributed by atoms with Crippen molar-refractivity contribution < 1.29 is 17.9 Å². The average molecular weight is 441 g/mol. The lowest BCUT2D eigenvalue weighted by Gasteiger charge is -2.35. The van der Waals surface area contributed by atoms with Gasteiger partial charge >= 0.3 is 0 Å². The molecule has 0 saturated carbocycles. The van der Waals surface area contributed by atoms with Crippen molar-refractivity contribution in [2.45, 2.75) is 17.4 Å². The minimum absolute atomic E-state index is 0.0137. The van der Waals surface area contributed by atoms with Crippen molar-refractivity contribution >= 4 is 39.1 Å². The zero-order valence-electron chi connectivity index (χ0n) is 14.8. The molecule has 1 amide bonds. The van der Waals surface area contributed by atoms with Crippen LogP contribution in [0.5, 0.6) is 5.75 Å². The van der Waals surface area contributed by atoms with Gasteiger partial charge in [-0.25, -0.2) is 8.42 Å². The summed E-state index contributed by atoms with van der Waals surface area (Å²) in [6.45, 7) is 0.978. The zero-order chi connectivity index (χ0) is 19.9. The Morgan fingerprint density at radius 3 is 2.43 bits per heavy atom. The second kappa shape index (κ2) is 7.55. The Morgan fingerprint density at radius 2 is 1.71 bits per heavy atom. The van der Waals surface area contributed by atoms with Crippen molar-refractivity contribution in [1.82, 2.24) is 9.21 Å². The van der Waals surface area contributed by atoms with Gasteiger partial charge in [0.25, 0.3) is 5.91 Å². The third-order valence-corrected chi connectivity index (χ3v) is 7.88. The van der Waals surface area contributed by atoms with E-state index < -0.39 is 16.1 Å². The van der Waals surface area contributed by atoms with Gasteiger partial charge in [-0.05, 0) is 23.8 Å². The first-order valence-electron chi connectivity index (χ1n) is 8.85. The van der Waals surface area contributed by atoms with Gasteiger partial charge in [0.1, 0.15) is 10.6 Å². The normalized spacial score (nSPS) is 19.9. The van der Waals surface area contributed by atoms with Crippen molar-refractivity contribution in [3.63, 3.8) is 0 Å². The van der Waals surface area contributed by atoms with Crippen LogP contribution >= 0.6 is 23.2 Å². The van der Waals surface area contributed by atoms with E-state index in [1.807, 2.05) is 24.3 Å². The lowest BCUT2D eigenvalue weighted by Crippen LogP contribution is -2.53. The Hall–Kier alpha value is -1.80. The maximum absolute atomic E-state index is 12.9. The summed E-state index contributed by atoms with van der Waals surface area (Å²) < 4.78 is 32.9. The zero-order valence-corrected chi connectivity index (χ0v) is 17.2. The topological polar surface area (TPSA) is 66.9 Å². The summed E-state index contributed by atoms with van der Waals surface area (Å²) in [4.78, 5) is 14.4. The van der Waals surface area contributed by atoms with E-state index in [9.17, 15) is 13.2 Å². The molecular formula is C19H18Cl2N2O4S. The molecule has 2 aromatic rings. The van der Waals surface area contributed by atoms with Gasteiger partial charge in [-0.3, -0.25) is 4.79 Å². The number of carbonyl (C=O) groups is 1. The van der Waals surface area contributed by atoms with Gasteiger partial charge in [0.05, 0.1) is 10.0 Å². The van der Waals surface area contributed by atoms with Gasteiger partial charge in [0, 0.05) is 32.6 Å². The molecule has 0 aromatic heterocycles. The minimum Gasteiger partial charge on any atom is -0.480 e. The number of ether oxygens (including phenoxy) is 1. The summed E-state index contributed by atoms with van der Waals surface area (Å²) >= 11 is 12.0. The Morgan fingerprint density at radius 1 is 1.00 bits per heavy atom. The lowest BCUT2D eigenvalue weighted by atomic mass is 10.1. The molecule has 1 unspecified atom stereocenters. The number of piperazine rings is 1. The molecule has 9 heteroatoms. The predicted molar refractivity (Wildman–Crippen MR) is 106 cm³/mol. The highest BCUT2D eigenvalue weighted by Gasteiger charge is 2.36. The van der Waals surface area contributed by atoms with Crippen LogP contribution in [0.1, 0.15) is 5.56 Å². The highest BCUT2D eigenvalue weighted by Crippen LogP contribution is 2.32. The first-order chi connectivity index (χ1) is 13.4. The van der Waals surface area contributed by atoms with Gasteiger partial charge in [-0.2, -0.15) is 4.31 Å². The molecule has 2 aliphatic rings. The molecule has 2 aromatic carbocycles. The molecule has 2 aliphatic heterocycles. The van der Waals surface area contributed by atoms with E-state index in [0.717, 1.165) is 11.3 Å². The molecule has 1 atom stereocenters. The van der Waals surface area contributed by atoms with E-state index in [-0.39, 0.29) is 33.9 Å². The predicted octanol–water partition coefficient (Wildman–Crippen LogP) is 2.83. The van der Waals surface area contributed by atoms with Gasteiger partial charge in [0.2, 0.25) is 10.0 Å². The van der Waals surface area contributed by atoms with E-state index in [1.54, 1.807) is 17.0 Å². The van der Waals surface area contributed by atoms with Gasteiger partial charge in [0.15, 0.2) is 6.10 Å². The number of halogens is 2. The second-order valence-electron chi connectivity index (χ2n) is 6.70. The number of amides is 1. The van der Waals surface area contributed by atoms with E-state index in [2.05, 4.69) is 0 Å². The molecule has 0 spiro atoms. The molecule has 28 heavy (non-hydrogen) atoms. The minimum atomic E-state index is -3.78. The molecular weight excluding hydrogens is 423 g/mol. The highest BCUT2D eigenvalue weighted by atomic mass is 35.5. The van der Waals surface area contributed by atoms with Crippen molar-refractivity contribution in [1.29, 1.82) is 0 Å². The Balaban J connectivity index is 1.42. The molecule has 0 bridgehead atoms. The molecule has 4 rings (SSSR count). The lowest BCUT2D eigenvalue weighted by molar-refractivity contribution is -0.139. The van der Waals surface area contributed by atoms with Crippen LogP contribution in [0, 0.1) is 0 Å². The molecule has 0 N–H and O–H groups in total. The van der Waals surface area contributed by atoms with Crippen LogP contribution < -0.4 is 4.74 Å². The summed E-state index contributed by atoms with van der Waals surface area (Å²) in [5.74, 6) is 0.617. The second-order valence-corrected chi connectivity index (χ2v) is 9.39. The van der Waals surface area contributed by atoms with Gasteiger partial charge < -0.3 is 9.64 Å². The standard InChI is InChI=1S/C19H18Cl2N2O4S/c20-14-5-3-7-17(18(14)21)28(25,26)23-10-8-22(9-11-23)19(24)16-12-13-4-1-2-6-15(13)27-16/h1-7,16H,8-12H2. The monoisotopic (exact) mass is 440 g/mol. The number of rotatable bonds is 3. The molecule has 0 radical (unpaired) electrons. The third kappa shape index (κ3) is 3.48. The van der Waals surface area contributed by atoms with E-state index in [4.69, 9.17) is 27.9 Å². The fourth-order valence-electron chi connectivity index (χ4n) is 3.49. The Labute approximate surface area is 173 Å². The number of benzene rings is 2. The summed E-state index contributed by atoms with van der Waals surface area (Å²) in [7, 11) is -3.78. The van der Waals surface area contributed by atoms with Crippen molar-refractivity contribution in [2.75, 3.05) is 26.2 Å². The average Bonchev–Trinajstić information content (AvgIpc) is 3.13. The van der Waals surface area contributed by atoms with Crippen LogP contribution in [0.3, 0.4) is 0 Å². The summed E-state index contributed by atoms with van der Waals surface area (Å²) in [6.07, 6.45) is -0.0195. The Bertz CT molecular complexity index is 995. The van der Waals surface area contributed by atoms with E-state index in [0.29, 0.717) is 19.5 Å². The first kappa shape index (κ1) is 19.5. The number of hydrogen-bond donors (Lipinski definition) is 0. The van der Waals surface area contributed by atoms with Crippen molar-refractivity contribution in [3.05, 3.63) is 58.1 Å². The van der Waals surface area contributed by atoms with Crippen LogP contribution in [-0.2, 0) is 21.2 Å². The molecule has 0 aliphatic carbocycles. The number of sulfonamides is 1. The fraction of sp³-hybridized carbons (Fsp3) is 0.316. The molecule has 1 saturated heterocycles. The van der Waals surface area contributed by atoms with Crippen LogP contribution in [0.4, 0.5) is 0 Å². The van der Waals surface area contributed by atoms with Crippen LogP contribution in [-0.4, -0.2) is 55.8 Å². The maximum Gasteiger partial charge on any atom is 0.264 e. The summed E-state index contributed by atoms with van der Waals surface area (Å²) in [5, 5.41) is 0.203. The fourth-order valence-corrected chi connectivity index (χ4v) is 5.65. The van der Waals surface area contributed by atoms with Crippen LogP contribution in [0.25, 0.3) is 0 Å². The molecule has 6 nitrogen and oxygen atoms in total. The maximum atomic E-state index is 12.9. The SMILES string of the molecule is O=C(C1Cc2ccccc2O1)N1CCN(S(=O)(=O)c2cccc(Cl)c2Cl)CC1. The number of fused-ring (bicyclic) bond motifs is 1. The third-order valence-electron chi connectivity index (χ3n) is 5.01. The van der Waals surface area contributed by atoms with Gasteiger partial charge in [-0.1, -0.05) is 47.5 Å². The summed E-state index contributed by atoms with van der Waals surface area (Å²) in [6, 6.07) is 12.1. The molecule has 1 fully saturated rings. The molecule has 148 valence electrons. The van der Waals surface area contributed by atoms with E-state index >= 15 is 0 Å². The van der Waals surface area contributed by atoms with Crippen molar-refractivity contribution in [3.8, 4) is 5.75 Å². The largest absolute Gasteiger partial charge is 0.480 e. The van der Waals surface area contributed by atoms with Crippen LogP contribution in [0.15, 0.2) is 47.4 Å². The van der Waals surface area contributed by atoms with Gasteiger partial charge in [-0.15, -0.1) is 0 Å². The number of hydrogen-bond acceptors (Lipinski definition) is 4. The Kier molecular flexibility index (Phi) is 5.26. The van der Waals surface area contributed by atoms with Crippen molar-refractivity contribution in [2.24, 2.45) is 0 Å². The number of nitrogens with zero attached hydrogens (tertiary/aromatic N) is 2. The smallest absolute Gasteiger partial charge is 0.264 e. The number of para-hydroxylation sites is 1.